The first-order valence-corrected chi connectivity index (χ1v) is 11.8. The van der Waals surface area contributed by atoms with Crippen molar-refractivity contribution in [2.75, 3.05) is 19.6 Å². The number of Topliss-reactive ketones (excluding diaryl/α,β-unsaturated/α-hetero) is 1. The quantitative estimate of drug-likeness (QED) is 0.280. The fraction of sp³-hybridized carbons (Fsp3) is 0.957. The molecule has 0 saturated carbocycles. The number of aliphatic hydroxyl groups is 1. The van der Waals surface area contributed by atoms with E-state index in [0.29, 0.717) is 12.8 Å². The summed E-state index contributed by atoms with van der Waals surface area (Å²) in [5.74, 6) is 0.128. The summed E-state index contributed by atoms with van der Waals surface area (Å²) in [5, 5.41) is 10.1. The van der Waals surface area contributed by atoms with Crippen LogP contribution in [0.5, 0.6) is 0 Å². The first-order chi connectivity index (χ1) is 13.0. The molecule has 0 radical (unpaired) electrons. The minimum atomic E-state index is -0.347. The van der Waals surface area contributed by atoms with Gasteiger partial charge in [0.05, 0.1) is 31.8 Å². The lowest BCUT2D eigenvalue weighted by atomic mass is 9.99. The Kier molecular flexibility index (Phi) is 18.6. The standard InChI is InChI=1S/C23H48N2O2/c1-4-7-10-11-12-14-21(26)16-17-23(27)22(24)15-13-20-25(18-8-5-2)19-9-6-3/h21-22,26H,4-20,24H2,1-3H3/p+1. The number of aliphatic hydroxyl groups excluding tert-OH is 1. The summed E-state index contributed by atoms with van der Waals surface area (Å²) in [6, 6.07) is -0.347. The van der Waals surface area contributed by atoms with Gasteiger partial charge in [-0.15, -0.1) is 0 Å². The molecule has 0 aromatic heterocycles. The number of rotatable bonds is 20. The second-order valence-electron chi connectivity index (χ2n) is 8.32. The van der Waals surface area contributed by atoms with Crippen molar-refractivity contribution >= 4 is 5.78 Å². The van der Waals surface area contributed by atoms with E-state index < -0.39 is 0 Å². The first-order valence-electron chi connectivity index (χ1n) is 11.8. The predicted octanol–water partition coefficient (Wildman–Crippen LogP) is 3.65. The number of nitrogens with two attached hydrogens (primary N) is 1. The molecule has 162 valence electrons. The zero-order chi connectivity index (χ0) is 20.3. The van der Waals surface area contributed by atoms with Gasteiger partial charge in [0.25, 0.3) is 0 Å². The zero-order valence-electron chi connectivity index (χ0n) is 18.6. The molecule has 0 heterocycles. The predicted molar refractivity (Wildman–Crippen MR) is 116 cm³/mol. The van der Waals surface area contributed by atoms with Crippen LogP contribution in [-0.4, -0.2) is 42.7 Å². The van der Waals surface area contributed by atoms with E-state index in [4.69, 9.17) is 5.73 Å². The largest absolute Gasteiger partial charge is 0.393 e. The number of nitrogens with one attached hydrogen (secondary N) is 1. The summed E-state index contributed by atoms with van der Waals surface area (Å²) in [5.41, 5.74) is 6.10. The van der Waals surface area contributed by atoms with Gasteiger partial charge < -0.3 is 15.7 Å². The van der Waals surface area contributed by atoms with Gasteiger partial charge in [-0.2, -0.15) is 0 Å². The maximum absolute atomic E-state index is 12.2. The number of carbonyl (C=O) groups is 1. The molecule has 0 amide bonds. The molecule has 0 spiro atoms. The molecule has 0 aliphatic carbocycles. The Morgan fingerprint density at radius 1 is 0.778 bits per heavy atom. The van der Waals surface area contributed by atoms with Crippen molar-refractivity contribution in [2.45, 2.75) is 123 Å². The third-order valence-corrected chi connectivity index (χ3v) is 5.59. The lowest BCUT2D eigenvalue weighted by molar-refractivity contribution is -0.900. The molecule has 0 bridgehead atoms. The fourth-order valence-corrected chi connectivity index (χ4v) is 3.58. The Labute approximate surface area is 169 Å². The molecule has 0 aliphatic heterocycles. The summed E-state index contributed by atoms with van der Waals surface area (Å²) in [6.07, 6.45) is 14.4. The van der Waals surface area contributed by atoms with E-state index in [2.05, 4.69) is 20.8 Å². The van der Waals surface area contributed by atoms with Crippen molar-refractivity contribution in [3.05, 3.63) is 0 Å². The Morgan fingerprint density at radius 2 is 1.33 bits per heavy atom. The molecule has 4 nitrogen and oxygen atoms in total. The number of ketones is 1. The van der Waals surface area contributed by atoms with Crippen LogP contribution >= 0.6 is 0 Å². The van der Waals surface area contributed by atoms with Gasteiger partial charge in [0, 0.05) is 6.42 Å². The van der Waals surface area contributed by atoms with Crippen LogP contribution < -0.4 is 10.6 Å². The van der Waals surface area contributed by atoms with Gasteiger partial charge in [-0.05, 0) is 38.5 Å². The molecule has 0 aromatic rings. The van der Waals surface area contributed by atoms with E-state index in [0.717, 1.165) is 32.2 Å². The smallest absolute Gasteiger partial charge is 0.149 e. The molecular formula is C23H49N2O2+. The SMILES string of the molecule is CCCCCCCC(O)CCC(=O)C(N)CCC[NH+](CCCC)CCCC. The number of carbonyl (C=O) groups excluding carboxylic acids is 1. The van der Waals surface area contributed by atoms with Gasteiger partial charge in [0.1, 0.15) is 5.78 Å². The highest BCUT2D eigenvalue weighted by molar-refractivity contribution is 5.83. The van der Waals surface area contributed by atoms with Crippen LogP contribution in [0.2, 0.25) is 0 Å². The molecule has 0 rings (SSSR count). The molecule has 4 N–H and O–H groups in total. The summed E-state index contributed by atoms with van der Waals surface area (Å²) in [6.45, 7) is 10.3. The van der Waals surface area contributed by atoms with E-state index in [1.54, 1.807) is 4.90 Å². The normalized spacial score (nSPS) is 13.9. The average molecular weight is 386 g/mol. The number of hydrogen-bond donors (Lipinski definition) is 3. The topological polar surface area (TPSA) is 67.8 Å². The van der Waals surface area contributed by atoms with Crippen LogP contribution in [-0.2, 0) is 4.79 Å². The first kappa shape index (κ1) is 26.6. The lowest BCUT2D eigenvalue weighted by Gasteiger charge is -2.20. The minimum Gasteiger partial charge on any atom is -0.393 e. The van der Waals surface area contributed by atoms with Gasteiger partial charge in [-0.3, -0.25) is 4.79 Å². The monoisotopic (exact) mass is 385 g/mol. The van der Waals surface area contributed by atoms with E-state index in [-0.39, 0.29) is 17.9 Å². The van der Waals surface area contributed by atoms with Crippen molar-refractivity contribution in [1.29, 1.82) is 0 Å². The maximum Gasteiger partial charge on any atom is 0.149 e. The van der Waals surface area contributed by atoms with Crippen molar-refractivity contribution in [1.82, 2.24) is 0 Å². The van der Waals surface area contributed by atoms with Gasteiger partial charge in [0.2, 0.25) is 0 Å². The fourth-order valence-electron chi connectivity index (χ4n) is 3.58. The Hall–Kier alpha value is -0.450. The second-order valence-corrected chi connectivity index (χ2v) is 8.32. The number of quaternary nitrogens is 1. The molecule has 0 saturated heterocycles. The highest BCUT2D eigenvalue weighted by Gasteiger charge is 2.16. The molecular weight excluding hydrogens is 336 g/mol. The molecule has 4 heteroatoms. The Morgan fingerprint density at radius 3 is 1.93 bits per heavy atom. The van der Waals surface area contributed by atoms with Gasteiger partial charge >= 0.3 is 0 Å². The van der Waals surface area contributed by atoms with E-state index in [9.17, 15) is 9.90 Å². The third kappa shape index (κ3) is 16.2. The maximum atomic E-state index is 12.2. The van der Waals surface area contributed by atoms with E-state index >= 15 is 0 Å². The molecule has 0 aromatic carbocycles. The summed E-state index contributed by atoms with van der Waals surface area (Å²) < 4.78 is 0. The molecule has 2 unspecified atom stereocenters. The van der Waals surface area contributed by atoms with Crippen molar-refractivity contribution < 1.29 is 14.8 Å². The van der Waals surface area contributed by atoms with Crippen molar-refractivity contribution in [3.8, 4) is 0 Å². The van der Waals surface area contributed by atoms with Gasteiger partial charge in [-0.25, -0.2) is 0 Å². The van der Waals surface area contributed by atoms with Crippen LogP contribution in [0.4, 0.5) is 0 Å². The summed E-state index contributed by atoms with van der Waals surface area (Å²) in [7, 11) is 0. The van der Waals surface area contributed by atoms with E-state index in [1.165, 1.54) is 64.5 Å². The third-order valence-electron chi connectivity index (χ3n) is 5.59. The molecule has 27 heavy (non-hydrogen) atoms. The Bertz CT molecular complexity index is 328. The number of hydrogen-bond acceptors (Lipinski definition) is 3. The molecule has 2 atom stereocenters. The zero-order valence-corrected chi connectivity index (χ0v) is 18.6. The highest BCUT2D eigenvalue weighted by atomic mass is 16.3. The van der Waals surface area contributed by atoms with Crippen molar-refractivity contribution in [3.63, 3.8) is 0 Å². The van der Waals surface area contributed by atoms with Gasteiger partial charge in [-0.1, -0.05) is 65.7 Å². The molecule has 0 fully saturated rings. The number of unbranched alkanes of at least 4 members (excludes halogenated alkanes) is 6. The van der Waals surface area contributed by atoms with E-state index in [1.807, 2.05) is 0 Å². The van der Waals surface area contributed by atoms with Crippen molar-refractivity contribution in [2.24, 2.45) is 5.73 Å². The average Bonchev–Trinajstić information content (AvgIpc) is 2.67. The second kappa shape index (κ2) is 18.9. The highest BCUT2D eigenvalue weighted by Crippen LogP contribution is 2.11. The summed E-state index contributed by atoms with van der Waals surface area (Å²) in [4.78, 5) is 13.9. The summed E-state index contributed by atoms with van der Waals surface area (Å²) >= 11 is 0. The molecule has 0 aliphatic rings. The van der Waals surface area contributed by atoms with Crippen LogP contribution in [0, 0.1) is 0 Å². The van der Waals surface area contributed by atoms with Crippen LogP contribution in [0.25, 0.3) is 0 Å². The lowest BCUT2D eigenvalue weighted by Crippen LogP contribution is -3.12. The minimum absolute atomic E-state index is 0.128. The van der Waals surface area contributed by atoms with Gasteiger partial charge in [0.15, 0.2) is 0 Å². The van der Waals surface area contributed by atoms with Crippen LogP contribution in [0.3, 0.4) is 0 Å². The van der Waals surface area contributed by atoms with Crippen LogP contribution in [0.15, 0.2) is 0 Å². The van der Waals surface area contributed by atoms with Crippen LogP contribution in [0.1, 0.15) is 111 Å². The Balaban J connectivity index is 3.88.